The number of hydrogen-bond acceptors (Lipinski definition) is 6. The SMILES string of the molecule is C#Cc1ccc2ncc(C(=O)Nc3cnn(COCC[Si](C)(C)C)c3-c3cc(Cl)ccc3OC(F)F)n2n1. The Morgan fingerprint density at radius 3 is 2.74 bits per heavy atom. The standard InChI is InChI=1S/C25H25ClF2N6O3Si/c1-5-17-7-9-22-29-14-20(34(22)32-17)24(35)31-19-13-30-33(15-36-10-11-38(2,3)4)23(19)18-12-16(26)6-8-21(18)37-25(27)28/h1,6-9,12-14,25H,10-11,15H2,2-4H3,(H,31,35). The number of carbonyl (C=O) groups excluding carboxylic acids is 1. The fourth-order valence-corrected chi connectivity index (χ4v) is 4.49. The van der Waals surface area contributed by atoms with Crippen molar-refractivity contribution in [3.8, 4) is 29.4 Å². The highest BCUT2D eigenvalue weighted by Gasteiger charge is 2.23. The number of amides is 1. The van der Waals surface area contributed by atoms with E-state index in [4.69, 9.17) is 27.5 Å². The molecule has 0 radical (unpaired) electrons. The van der Waals surface area contributed by atoms with E-state index in [-0.39, 0.29) is 40.1 Å². The molecule has 0 spiro atoms. The first-order valence-corrected chi connectivity index (χ1v) is 15.7. The lowest BCUT2D eigenvalue weighted by Crippen LogP contribution is -2.22. The van der Waals surface area contributed by atoms with Crippen LogP contribution < -0.4 is 10.1 Å². The van der Waals surface area contributed by atoms with E-state index in [9.17, 15) is 13.6 Å². The monoisotopic (exact) mass is 558 g/mol. The van der Waals surface area contributed by atoms with Gasteiger partial charge in [-0.05, 0) is 42.3 Å². The van der Waals surface area contributed by atoms with Gasteiger partial charge in [0.1, 0.15) is 18.2 Å². The second-order valence-electron chi connectivity index (χ2n) is 9.50. The van der Waals surface area contributed by atoms with E-state index >= 15 is 0 Å². The second kappa shape index (κ2) is 11.3. The van der Waals surface area contributed by atoms with Crippen LogP contribution >= 0.6 is 11.6 Å². The van der Waals surface area contributed by atoms with Crippen molar-refractivity contribution in [2.75, 3.05) is 11.9 Å². The maximum atomic E-state index is 13.3. The van der Waals surface area contributed by atoms with Crippen LogP contribution in [-0.4, -0.2) is 51.6 Å². The molecular weight excluding hydrogens is 534 g/mol. The molecule has 1 amide bonds. The minimum absolute atomic E-state index is 0.0129. The number of carbonyl (C=O) groups is 1. The average molecular weight is 559 g/mol. The van der Waals surface area contributed by atoms with E-state index in [0.717, 1.165) is 6.04 Å². The molecule has 4 rings (SSSR count). The summed E-state index contributed by atoms with van der Waals surface area (Å²) in [5.74, 6) is 1.70. The molecule has 0 aliphatic carbocycles. The molecule has 4 aromatic rings. The molecule has 0 saturated carbocycles. The first kappa shape index (κ1) is 27.2. The molecule has 0 aliphatic rings. The van der Waals surface area contributed by atoms with Gasteiger partial charge in [-0.2, -0.15) is 19.0 Å². The van der Waals surface area contributed by atoms with Crippen LogP contribution in [0.15, 0.2) is 42.7 Å². The number of fused-ring (bicyclic) bond motifs is 1. The van der Waals surface area contributed by atoms with Gasteiger partial charge in [0, 0.05) is 25.3 Å². The molecule has 1 aromatic carbocycles. The average Bonchev–Trinajstić information content (AvgIpc) is 3.45. The smallest absolute Gasteiger partial charge is 0.387 e. The maximum absolute atomic E-state index is 13.3. The minimum Gasteiger partial charge on any atom is -0.434 e. The number of benzene rings is 1. The van der Waals surface area contributed by atoms with Crippen LogP contribution in [-0.2, 0) is 11.5 Å². The Hall–Kier alpha value is -3.79. The van der Waals surface area contributed by atoms with Gasteiger partial charge in [0.2, 0.25) is 0 Å². The molecule has 0 saturated heterocycles. The van der Waals surface area contributed by atoms with Gasteiger partial charge >= 0.3 is 6.61 Å². The van der Waals surface area contributed by atoms with E-state index in [2.05, 4.69) is 46.1 Å². The summed E-state index contributed by atoms with van der Waals surface area (Å²) in [6, 6.07) is 8.39. The Morgan fingerprint density at radius 2 is 2.03 bits per heavy atom. The third-order valence-corrected chi connectivity index (χ3v) is 7.39. The third-order valence-electron chi connectivity index (χ3n) is 5.45. The second-order valence-corrected chi connectivity index (χ2v) is 15.6. The molecule has 0 bridgehead atoms. The molecule has 3 aromatic heterocycles. The lowest BCUT2D eigenvalue weighted by molar-refractivity contribution is -0.0495. The fraction of sp³-hybridized carbons (Fsp3) is 0.280. The number of anilines is 1. The summed E-state index contributed by atoms with van der Waals surface area (Å²) in [7, 11) is -1.34. The Kier molecular flexibility index (Phi) is 8.10. The quantitative estimate of drug-likeness (QED) is 0.159. The first-order valence-electron chi connectivity index (χ1n) is 11.6. The number of terminal acetylenes is 1. The van der Waals surface area contributed by atoms with Crippen molar-refractivity contribution in [2.45, 2.75) is 39.0 Å². The van der Waals surface area contributed by atoms with Gasteiger partial charge in [-0.3, -0.25) is 4.79 Å². The summed E-state index contributed by atoms with van der Waals surface area (Å²) in [6.45, 7) is 4.11. The third kappa shape index (κ3) is 6.36. The summed E-state index contributed by atoms with van der Waals surface area (Å²) < 4.78 is 39.8. The molecule has 13 heteroatoms. The van der Waals surface area contributed by atoms with Crippen LogP contribution in [0.25, 0.3) is 16.9 Å². The van der Waals surface area contributed by atoms with Gasteiger partial charge in [-0.25, -0.2) is 14.2 Å². The molecule has 9 nitrogen and oxygen atoms in total. The fourth-order valence-electron chi connectivity index (χ4n) is 3.57. The molecular formula is C25H25ClF2N6O3Si. The Morgan fingerprint density at radius 1 is 1.24 bits per heavy atom. The van der Waals surface area contributed by atoms with Crippen molar-refractivity contribution >= 4 is 36.9 Å². The molecule has 0 fully saturated rings. The summed E-state index contributed by atoms with van der Waals surface area (Å²) in [4.78, 5) is 17.5. The van der Waals surface area contributed by atoms with Gasteiger partial charge in [0.15, 0.2) is 11.3 Å². The van der Waals surface area contributed by atoms with Gasteiger partial charge in [0.25, 0.3) is 5.91 Å². The van der Waals surface area contributed by atoms with Crippen LogP contribution in [0.3, 0.4) is 0 Å². The largest absolute Gasteiger partial charge is 0.434 e. The van der Waals surface area contributed by atoms with Gasteiger partial charge in [-0.15, -0.1) is 6.42 Å². The number of aromatic nitrogens is 5. The zero-order valence-electron chi connectivity index (χ0n) is 20.9. The zero-order valence-corrected chi connectivity index (χ0v) is 22.7. The van der Waals surface area contributed by atoms with E-state index in [0.29, 0.717) is 17.9 Å². The van der Waals surface area contributed by atoms with Gasteiger partial charge in [-0.1, -0.05) is 31.2 Å². The van der Waals surface area contributed by atoms with Crippen LogP contribution in [0.5, 0.6) is 5.75 Å². The van der Waals surface area contributed by atoms with Gasteiger partial charge in [0.05, 0.1) is 23.8 Å². The molecule has 3 heterocycles. The highest BCUT2D eigenvalue weighted by atomic mass is 35.5. The minimum atomic E-state index is -3.08. The van der Waals surface area contributed by atoms with Crippen molar-refractivity contribution in [2.24, 2.45) is 0 Å². The number of rotatable bonds is 10. The number of imidazole rings is 1. The van der Waals surface area contributed by atoms with Gasteiger partial charge < -0.3 is 14.8 Å². The highest BCUT2D eigenvalue weighted by Crippen LogP contribution is 2.38. The number of alkyl halides is 2. The number of ether oxygens (including phenoxy) is 2. The lowest BCUT2D eigenvalue weighted by atomic mass is 10.1. The predicted octanol–water partition coefficient (Wildman–Crippen LogP) is 5.39. The summed E-state index contributed by atoms with van der Waals surface area (Å²) in [6.07, 6.45) is 8.19. The van der Waals surface area contributed by atoms with Crippen molar-refractivity contribution in [1.29, 1.82) is 0 Å². The molecule has 38 heavy (non-hydrogen) atoms. The Bertz CT molecular complexity index is 1510. The van der Waals surface area contributed by atoms with Crippen molar-refractivity contribution < 1.29 is 23.0 Å². The lowest BCUT2D eigenvalue weighted by Gasteiger charge is -2.17. The van der Waals surface area contributed by atoms with E-state index in [1.54, 1.807) is 12.1 Å². The van der Waals surface area contributed by atoms with Crippen molar-refractivity contribution in [1.82, 2.24) is 24.4 Å². The molecule has 0 aliphatic heterocycles. The molecule has 0 atom stereocenters. The Balaban J connectivity index is 1.72. The number of nitrogens with one attached hydrogen (secondary N) is 1. The van der Waals surface area contributed by atoms with E-state index in [1.165, 1.54) is 39.8 Å². The zero-order chi connectivity index (χ0) is 27.4. The number of halogens is 3. The van der Waals surface area contributed by atoms with Crippen molar-refractivity contribution in [3.05, 3.63) is 59.1 Å². The van der Waals surface area contributed by atoms with Crippen molar-refractivity contribution in [3.63, 3.8) is 0 Å². The summed E-state index contributed by atoms with van der Waals surface area (Å²) in [5, 5.41) is 11.6. The maximum Gasteiger partial charge on any atom is 0.387 e. The van der Waals surface area contributed by atoms with Crippen LogP contribution in [0, 0.1) is 12.3 Å². The summed E-state index contributed by atoms with van der Waals surface area (Å²) in [5.41, 5.74) is 1.54. The van der Waals surface area contributed by atoms with E-state index in [1.807, 2.05) is 0 Å². The Labute approximate surface area is 223 Å². The predicted molar refractivity (Wildman–Crippen MR) is 142 cm³/mol. The number of hydrogen-bond donors (Lipinski definition) is 1. The molecule has 1 N–H and O–H groups in total. The first-order chi connectivity index (χ1) is 18.1. The molecule has 0 unspecified atom stereocenters. The normalized spacial score (nSPS) is 11.6. The van der Waals surface area contributed by atoms with Crippen LogP contribution in [0.2, 0.25) is 30.7 Å². The molecule has 198 valence electrons. The highest BCUT2D eigenvalue weighted by molar-refractivity contribution is 6.76. The van der Waals surface area contributed by atoms with Crippen LogP contribution in [0.1, 0.15) is 16.2 Å². The van der Waals surface area contributed by atoms with E-state index < -0.39 is 20.6 Å². The summed E-state index contributed by atoms with van der Waals surface area (Å²) >= 11 is 6.21. The number of nitrogens with zero attached hydrogens (tertiary/aromatic N) is 5. The van der Waals surface area contributed by atoms with Crippen LogP contribution in [0.4, 0.5) is 14.5 Å². The topological polar surface area (TPSA) is 95.6 Å².